The second-order valence-electron chi connectivity index (χ2n) is 2.83. The van der Waals surface area contributed by atoms with Gasteiger partial charge in [0.25, 0.3) is 0 Å². The van der Waals surface area contributed by atoms with E-state index >= 15 is 0 Å². The molecule has 1 aliphatic rings. The van der Waals surface area contributed by atoms with Crippen molar-refractivity contribution in [3.63, 3.8) is 0 Å². The van der Waals surface area contributed by atoms with Gasteiger partial charge >= 0.3 is 0 Å². The maximum absolute atomic E-state index is 5.98. The highest BCUT2D eigenvalue weighted by Crippen LogP contribution is 2.20. The van der Waals surface area contributed by atoms with Crippen LogP contribution in [0.4, 0.5) is 0 Å². The first-order valence-electron chi connectivity index (χ1n) is 3.63. The summed E-state index contributed by atoms with van der Waals surface area (Å²) in [6.45, 7) is 3.85. The zero-order chi connectivity index (χ0) is 6.74. The van der Waals surface area contributed by atoms with E-state index in [0.717, 1.165) is 32.5 Å². The van der Waals surface area contributed by atoms with Gasteiger partial charge in [-0.05, 0) is 19.3 Å². The monoisotopic (exact) mass is 129 g/mol. The van der Waals surface area contributed by atoms with Gasteiger partial charge in [-0.1, -0.05) is 6.92 Å². The topological polar surface area (TPSA) is 35.2 Å². The lowest BCUT2D eigenvalue weighted by molar-refractivity contribution is 0.0519. The Hall–Kier alpha value is -0.0800. The van der Waals surface area contributed by atoms with Crippen LogP contribution in [0.3, 0.4) is 0 Å². The van der Waals surface area contributed by atoms with E-state index < -0.39 is 0 Å². The highest BCUT2D eigenvalue weighted by molar-refractivity contribution is 4.84. The Bertz CT molecular complexity index is 86.9. The third-order valence-electron chi connectivity index (χ3n) is 2.19. The molecule has 54 valence electrons. The number of rotatable bonds is 1. The molecule has 0 bridgehead atoms. The van der Waals surface area contributed by atoms with E-state index in [4.69, 9.17) is 10.5 Å². The molecule has 0 aromatic carbocycles. The van der Waals surface area contributed by atoms with Gasteiger partial charge in [-0.3, -0.25) is 0 Å². The van der Waals surface area contributed by atoms with Crippen LogP contribution in [0.2, 0.25) is 0 Å². The number of ether oxygens (including phenoxy) is 1. The van der Waals surface area contributed by atoms with Gasteiger partial charge in [-0.25, -0.2) is 0 Å². The van der Waals surface area contributed by atoms with Crippen molar-refractivity contribution >= 4 is 0 Å². The minimum Gasteiger partial charge on any atom is -0.381 e. The average molecular weight is 129 g/mol. The van der Waals surface area contributed by atoms with Crippen molar-refractivity contribution in [2.75, 3.05) is 13.2 Å². The van der Waals surface area contributed by atoms with Crippen LogP contribution in [0.15, 0.2) is 0 Å². The van der Waals surface area contributed by atoms with Crippen molar-refractivity contribution in [1.29, 1.82) is 0 Å². The van der Waals surface area contributed by atoms with E-state index in [-0.39, 0.29) is 5.54 Å². The first-order chi connectivity index (χ1) is 4.27. The highest BCUT2D eigenvalue weighted by atomic mass is 16.5. The predicted octanol–water partition coefficient (Wildman–Crippen LogP) is 0.904. The molecule has 9 heavy (non-hydrogen) atoms. The average Bonchev–Trinajstić information content (AvgIpc) is 1.90. The second-order valence-corrected chi connectivity index (χ2v) is 2.83. The molecular weight excluding hydrogens is 114 g/mol. The summed E-state index contributed by atoms with van der Waals surface area (Å²) >= 11 is 0. The largest absolute Gasteiger partial charge is 0.381 e. The van der Waals surface area contributed by atoms with E-state index in [1.807, 2.05) is 0 Å². The molecule has 2 N–H and O–H groups in total. The third-order valence-corrected chi connectivity index (χ3v) is 2.19. The molecule has 2 heteroatoms. The van der Waals surface area contributed by atoms with Gasteiger partial charge < -0.3 is 10.5 Å². The lowest BCUT2D eigenvalue weighted by Gasteiger charge is -2.31. The highest BCUT2D eigenvalue weighted by Gasteiger charge is 2.24. The molecule has 0 radical (unpaired) electrons. The predicted molar refractivity (Wildman–Crippen MR) is 37.3 cm³/mol. The summed E-state index contributed by atoms with van der Waals surface area (Å²) in [6.07, 6.45) is 3.14. The Morgan fingerprint density at radius 2 is 2.00 bits per heavy atom. The standard InChI is InChI=1S/C7H15NO/c1-2-7(8)3-5-9-6-4-7/h2-6,8H2,1H3. The molecular formula is C7H15NO. The van der Waals surface area contributed by atoms with Gasteiger partial charge in [-0.15, -0.1) is 0 Å². The minimum atomic E-state index is 0.0955. The quantitative estimate of drug-likeness (QED) is 0.571. The molecule has 0 amide bonds. The summed E-state index contributed by atoms with van der Waals surface area (Å²) in [5, 5.41) is 0. The number of nitrogens with two attached hydrogens (primary N) is 1. The van der Waals surface area contributed by atoms with Crippen molar-refractivity contribution in [3.8, 4) is 0 Å². The molecule has 0 unspecified atom stereocenters. The van der Waals surface area contributed by atoms with E-state index in [1.54, 1.807) is 0 Å². The van der Waals surface area contributed by atoms with Gasteiger partial charge in [0.05, 0.1) is 0 Å². The molecule has 0 aromatic heterocycles. The molecule has 0 aromatic rings. The zero-order valence-corrected chi connectivity index (χ0v) is 6.02. The summed E-state index contributed by atoms with van der Waals surface area (Å²) in [7, 11) is 0. The molecule has 0 aliphatic carbocycles. The Morgan fingerprint density at radius 1 is 1.44 bits per heavy atom. The van der Waals surface area contributed by atoms with E-state index in [2.05, 4.69) is 6.92 Å². The third kappa shape index (κ3) is 1.66. The van der Waals surface area contributed by atoms with E-state index in [1.165, 1.54) is 0 Å². The summed E-state index contributed by atoms with van der Waals surface area (Å²) in [5.41, 5.74) is 6.07. The van der Waals surface area contributed by atoms with Gasteiger partial charge in [0.2, 0.25) is 0 Å². The van der Waals surface area contributed by atoms with Crippen LogP contribution in [-0.4, -0.2) is 18.8 Å². The summed E-state index contributed by atoms with van der Waals surface area (Å²) in [6, 6.07) is 0. The smallest absolute Gasteiger partial charge is 0.0483 e. The van der Waals surface area contributed by atoms with Gasteiger partial charge in [0, 0.05) is 18.8 Å². The fraction of sp³-hybridized carbons (Fsp3) is 1.00. The van der Waals surface area contributed by atoms with Gasteiger partial charge in [-0.2, -0.15) is 0 Å². The molecule has 1 saturated heterocycles. The molecule has 1 aliphatic heterocycles. The lowest BCUT2D eigenvalue weighted by atomic mass is 9.89. The van der Waals surface area contributed by atoms with Crippen LogP contribution in [-0.2, 0) is 4.74 Å². The van der Waals surface area contributed by atoms with E-state index in [0.29, 0.717) is 0 Å². The van der Waals surface area contributed by atoms with Gasteiger partial charge in [0.15, 0.2) is 0 Å². The molecule has 0 saturated carbocycles. The Morgan fingerprint density at radius 3 is 2.33 bits per heavy atom. The Labute approximate surface area is 56.4 Å². The van der Waals surface area contributed by atoms with Crippen LogP contribution in [0.5, 0.6) is 0 Å². The summed E-state index contributed by atoms with van der Waals surface area (Å²) < 4.78 is 5.19. The number of hydrogen-bond acceptors (Lipinski definition) is 2. The van der Waals surface area contributed by atoms with Crippen LogP contribution in [0.25, 0.3) is 0 Å². The maximum atomic E-state index is 5.98. The van der Waals surface area contributed by atoms with E-state index in [9.17, 15) is 0 Å². The lowest BCUT2D eigenvalue weighted by Crippen LogP contribution is -2.44. The Balaban J connectivity index is 2.37. The molecule has 0 atom stereocenters. The summed E-state index contributed by atoms with van der Waals surface area (Å²) in [5.74, 6) is 0. The maximum Gasteiger partial charge on any atom is 0.0483 e. The van der Waals surface area contributed by atoms with Crippen LogP contribution >= 0.6 is 0 Å². The fourth-order valence-electron chi connectivity index (χ4n) is 1.13. The number of hydrogen-bond donors (Lipinski definition) is 1. The molecule has 0 spiro atoms. The summed E-state index contributed by atoms with van der Waals surface area (Å²) in [4.78, 5) is 0. The molecule has 1 heterocycles. The molecule has 2 nitrogen and oxygen atoms in total. The Kier molecular flexibility index (Phi) is 2.09. The van der Waals surface area contributed by atoms with Crippen molar-refractivity contribution < 1.29 is 4.74 Å². The minimum absolute atomic E-state index is 0.0955. The normalized spacial score (nSPS) is 26.0. The van der Waals surface area contributed by atoms with Crippen LogP contribution in [0, 0.1) is 0 Å². The second kappa shape index (κ2) is 2.67. The van der Waals surface area contributed by atoms with Crippen molar-refractivity contribution in [3.05, 3.63) is 0 Å². The molecule has 1 rings (SSSR count). The van der Waals surface area contributed by atoms with Gasteiger partial charge in [0.1, 0.15) is 0 Å². The first kappa shape index (κ1) is 7.03. The molecule has 1 fully saturated rings. The SMILES string of the molecule is CCC1(N)CCOCC1. The van der Waals surface area contributed by atoms with Crippen molar-refractivity contribution in [2.24, 2.45) is 5.73 Å². The fourth-order valence-corrected chi connectivity index (χ4v) is 1.13. The first-order valence-corrected chi connectivity index (χ1v) is 3.63. The van der Waals surface area contributed by atoms with Crippen molar-refractivity contribution in [2.45, 2.75) is 31.7 Å². The van der Waals surface area contributed by atoms with Crippen LogP contribution < -0.4 is 5.73 Å². The van der Waals surface area contributed by atoms with Crippen molar-refractivity contribution in [1.82, 2.24) is 0 Å². The zero-order valence-electron chi connectivity index (χ0n) is 6.02. The van der Waals surface area contributed by atoms with Crippen LogP contribution in [0.1, 0.15) is 26.2 Å².